The molecule has 1 fully saturated rings. The van der Waals surface area contributed by atoms with Crippen molar-refractivity contribution in [2.24, 2.45) is 0 Å². The summed E-state index contributed by atoms with van der Waals surface area (Å²) in [4.78, 5) is 6.81. The number of pyridine rings is 1. The van der Waals surface area contributed by atoms with Crippen molar-refractivity contribution in [1.82, 2.24) is 20.2 Å². The zero-order chi connectivity index (χ0) is 18.9. The van der Waals surface area contributed by atoms with E-state index < -0.39 is 11.7 Å². The molecule has 7 nitrogen and oxygen atoms in total. The van der Waals surface area contributed by atoms with Gasteiger partial charge >= 0.3 is 6.18 Å². The van der Waals surface area contributed by atoms with E-state index in [0.717, 1.165) is 18.0 Å². The first kappa shape index (κ1) is 17.3. The Balaban J connectivity index is 1.45. The summed E-state index contributed by atoms with van der Waals surface area (Å²) in [5.41, 5.74) is 0.183. The lowest BCUT2D eigenvalue weighted by atomic mass is 10.2. The van der Waals surface area contributed by atoms with Crippen LogP contribution in [0.5, 0.6) is 0 Å². The minimum atomic E-state index is -4.34. The first-order chi connectivity index (χ1) is 13.0. The van der Waals surface area contributed by atoms with Crippen molar-refractivity contribution < 1.29 is 18.2 Å². The average molecular weight is 376 g/mol. The van der Waals surface area contributed by atoms with E-state index in [4.69, 9.17) is 0 Å². The lowest BCUT2D eigenvalue weighted by Gasteiger charge is -2.31. The second-order valence-electron chi connectivity index (χ2n) is 6.16. The zero-order valence-electron chi connectivity index (χ0n) is 14.3. The van der Waals surface area contributed by atoms with Gasteiger partial charge in [0.2, 0.25) is 0 Å². The second-order valence-corrected chi connectivity index (χ2v) is 6.16. The molecule has 0 bridgehead atoms. The maximum Gasteiger partial charge on any atom is 0.419 e. The van der Waals surface area contributed by atoms with Crippen LogP contribution in [-0.4, -0.2) is 46.4 Å². The first-order valence-electron chi connectivity index (χ1n) is 8.45. The molecule has 1 aliphatic heterocycles. The third kappa shape index (κ3) is 3.55. The van der Waals surface area contributed by atoms with Crippen molar-refractivity contribution in [3.63, 3.8) is 0 Å². The van der Waals surface area contributed by atoms with E-state index in [2.05, 4.69) is 25.4 Å². The lowest BCUT2D eigenvalue weighted by molar-refractivity contribution is -0.367. The summed E-state index contributed by atoms with van der Waals surface area (Å²) in [6.07, 6.45) is -3.35. The maximum atomic E-state index is 12.7. The van der Waals surface area contributed by atoms with E-state index in [9.17, 15) is 13.2 Å². The van der Waals surface area contributed by atoms with Gasteiger partial charge in [0.25, 0.3) is 11.8 Å². The van der Waals surface area contributed by atoms with Gasteiger partial charge in [-0.3, -0.25) is 4.90 Å². The van der Waals surface area contributed by atoms with Gasteiger partial charge < -0.3 is 4.90 Å². The smallest absolute Gasteiger partial charge is 0.332 e. The molecule has 27 heavy (non-hydrogen) atoms. The number of aromatic amines is 1. The molecule has 0 atom stereocenters. The molecule has 1 aliphatic rings. The first-order valence-corrected chi connectivity index (χ1v) is 8.45. The summed E-state index contributed by atoms with van der Waals surface area (Å²) in [6, 6.07) is 12.2. The number of anilines is 2. The third-order valence-corrected chi connectivity index (χ3v) is 4.48. The van der Waals surface area contributed by atoms with Crippen LogP contribution in [0.2, 0.25) is 0 Å². The fourth-order valence-electron chi connectivity index (χ4n) is 3.05. The minimum Gasteiger partial charge on any atom is -0.332 e. The normalized spacial score (nSPS) is 15.2. The van der Waals surface area contributed by atoms with Crippen LogP contribution in [-0.2, 0) is 6.18 Å². The van der Waals surface area contributed by atoms with Gasteiger partial charge in [0.1, 0.15) is 19.3 Å². The number of halogens is 3. The Hall–Kier alpha value is -3.17. The Bertz CT molecular complexity index is 885. The number of benzene rings is 1. The van der Waals surface area contributed by atoms with E-state index in [-0.39, 0.29) is 0 Å². The molecule has 1 N–H and O–H groups in total. The van der Waals surface area contributed by atoms with Crippen molar-refractivity contribution in [3.05, 3.63) is 54.2 Å². The number of H-pyrrole nitrogens is 1. The predicted molar refractivity (Wildman–Crippen MR) is 91.6 cm³/mol. The van der Waals surface area contributed by atoms with Crippen LogP contribution in [0.25, 0.3) is 5.69 Å². The van der Waals surface area contributed by atoms with Crippen LogP contribution in [0.15, 0.2) is 48.7 Å². The van der Waals surface area contributed by atoms with Crippen LogP contribution in [0.3, 0.4) is 0 Å². The van der Waals surface area contributed by atoms with Crippen molar-refractivity contribution in [2.45, 2.75) is 6.18 Å². The summed E-state index contributed by atoms with van der Waals surface area (Å²) in [5, 5.41) is 12.0. The quantitative estimate of drug-likeness (QED) is 0.698. The van der Waals surface area contributed by atoms with Gasteiger partial charge in [-0.2, -0.15) is 17.9 Å². The molecule has 10 heteroatoms. The molecule has 0 aliphatic carbocycles. The lowest BCUT2D eigenvalue weighted by Crippen LogP contribution is -2.48. The van der Waals surface area contributed by atoms with Gasteiger partial charge in [0.15, 0.2) is 0 Å². The average Bonchev–Trinajstić information content (AvgIpc) is 3.18. The molecule has 3 heterocycles. The Morgan fingerprint density at radius 2 is 1.59 bits per heavy atom. The van der Waals surface area contributed by atoms with Gasteiger partial charge in [-0.05, 0) is 28.6 Å². The van der Waals surface area contributed by atoms with Crippen LogP contribution in [0.4, 0.5) is 24.9 Å². The molecule has 1 saturated heterocycles. The molecule has 0 saturated carbocycles. The number of hydrogen-bond donors (Lipinski definition) is 0. The van der Waals surface area contributed by atoms with Crippen LogP contribution >= 0.6 is 0 Å². The molecule has 0 spiro atoms. The van der Waals surface area contributed by atoms with Crippen LogP contribution in [0.1, 0.15) is 5.56 Å². The van der Waals surface area contributed by atoms with Crippen LogP contribution in [0, 0.1) is 0 Å². The molecule has 0 amide bonds. The summed E-state index contributed by atoms with van der Waals surface area (Å²) < 4.78 is 39.7. The topological polar surface area (TPSA) is 64.2 Å². The number of rotatable bonds is 3. The Kier molecular flexibility index (Phi) is 4.38. The summed E-state index contributed by atoms with van der Waals surface area (Å²) in [5.74, 6) is 1.31. The van der Waals surface area contributed by atoms with Crippen molar-refractivity contribution in [1.29, 1.82) is 0 Å². The molecular weight excluding hydrogens is 359 g/mol. The number of hydrogen-bond acceptors (Lipinski definition) is 5. The maximum absolute atomic E-state index is 12.7. The Morgan fingerprint density at radius 1 is 0.889 bits per heavy atom. The highest BCUT2D eigenvalue weighted by Crippen LogP contribution is 2.28. The number of alkyl halides is 3. The number of nitrogens with zero attached hydrogens (tertiary/aromatic N) is 6. The third-order valence-electron chi connectivity index (χ3n) is 4.48. The number of nitrogens with one attached hydrogen (secondary N) is 1. The van der Waals surface area contributed by atoms with Gasteiger partial charge in [0, 0.05) is 6.07 Å². The zero-order valence-corrected chi connectivity index (χ0v) is 14.3. The fourth-order valence-corrected chi connectivity index (χ4v) is 3.05. The van der Waals surface area contributed by atoms with Gasteiger partial charge in [0.05, 0.1) is 24.3 Å². The Morgan fingerprint density at radius 3 is 2.22 bits per heavy atom. The summed E-state index contributed by atoms with van der Waals surface area (Å²) in [6.45, 7) is 2.59. The van der Waals surface area contributed by atoms with Gasteiger partial charge in [-0.15, -0.1) is 0 Å². The second kappa shape index (κ2) is 6.86. The Labute approximate surface area is 153 Å². The monoisotopic (exact) mass is 376 g/mol. The van der Waals surface area contributed by atoms with Crippen molar-refractivity contribution in [2.75, 3.05) is 36.0 Å². The van der Waals surface area contributed by atoms with Gasteiger partial charge in [-0.1, -0.05) is 23.3 Å². The van der Waals surface area contributed by atoms with Crippen molar-refractivity contribution in [3.8, 4) is 5.69 Å². The van der Waals surface area contributed by atoms with E-state index in [1.807, 2.05) is 35.2 Å². The SMILES string of the molecule is FC(F)(F)c1ccc(N2CCN(c3nnnn3-c3ccccc3)CC2)[nH+]c1. The number of para-hydroxylation sites is 1. The number of tetrazole rings is 1. The molecule has 4 rings (SSSR count). The minimum absolute atomic E-state index is 0.642. The molecule has 0 radical (unpaired) electrons. The van der Waals surface area contributed by atoms with E-state index in [0.29, 0.717) is 37.9 Å². The highest BCUT2D eigenvalue weighted by molar-refractivity contribution is 5.43. The molecule has 0 unspecified atom stereocenters. The molecule has 2 aromatic heterocycles. The van der Waals surface area contributed by atoms with E-state index >= 15 is 0 Å². The van der Waals surface area contributed by atoms with Crippen molar-refractivity contribution >= 4 is 11.8 Å². The molecular formula is C17H17F3N7+. The summed E-state index contributed by atoms with van der Waals surface area (Å²) in [7, 11) is 0. The van der Waals surface area contributed by atoms with E-state index in [1.165, 1.54) is 6.07 Å². The van der Waals surface area contributed by atoms with E-state index in [1.54, 1.807) is 4.68 Å². The molecule has 3 aromatic rings. The highest BCUT2D eigenvalue weighted by Gasteiger charge is 2.33. The molecule has 140 valence electrons. The largest absolute Gasteiger partial charge is 0.419 e. The predicted octanol–water partition coefficient (Wildman–Crippen LogP) is 1.82. The molecule has 1 aromatic carbocycles. The number of aromatic nitrogens is 5. The number of piperazine rings is 1. The van der Waals surface area contributed by atoms with Gasteiger partial charge in [-0.25, -0.2) is 4.98 Å². The summed E-state index contributed by atoms with van der Waals surface area (Å²) >= 11 is 0. The highest BCUT2D eigenvalue weighted by atomic mass is 19.4. The van der Waals surface area contributed by atoms with Crippen LogP contribution < -0.4 is 14.8 Å². The standard InChI is InChI=1S/C17H16F3N7/c18-17(19,20)13-6-7-15(21-12-13)25-8-10-26(11-9-25)16-22-23-24-27(16)14-4-2-1-3-5-14/h1-7,12H,8-11H2/p+1. The fraction of sp³-hybridized carbons (Fsp3) is 0.294.